The summed E-state index contributed by atoms with van der Waals surface area (Å²) in [5.74, 6) is 2.76. The van der Waals surface area contributed by atoms with Gasteiger partial charge in [0.1, 0.15) is 5.76 Å². The lowest BCUT2D eigenvalue weighted by molar-refractivity contribution is 0.245. The van der Waals surface area contributed by atoms with Crippen molar-refractivity contribution in [3.05, 3.63) is 17.0 Å². The minimum absolute atomic E-state index is 0.225. The summed E-state index contributed by atoms with van der Waals surface area (Å²) in [5.41, 5.74) is 2.12. The van der Waals surface area contributed by atoms with Gasteiger partial charge in [-0.25, -0.2) is 0 Å². The van der Waals surface area contributed by atoms with E-state index in [2.05, 4.69) is 36.6 Å². The van der Waals surface area contributed by atoms with Crippen LogP contribution in [-0.4, -0.2) is 42.5 Å². The Labute approximate surface area is 146 Å². The average molecular weight is 338 g/mol. The number of rotatable bonds is 10. The second-order valence-electron chi connectivity index (χ2n) is 6.71. The molecule has 0 saturated carbocycles. The summed E-state index contributed by atoms with van der Waals surface area (Å²) in [6.07, 6.45) is 2.75. The highest BCUT2D eigenvalue weighted by molar-refractivity contribution is 5.79. The Morgan fingerprint density at radius 1 is 1.29 bits per heavy atom. The van der Waals surface area contributed by atoms with E-state index in [9.17, 15) is 5.11 Å². The highest BCUT2D eigenvalue weighted by Gasteiger charge is 2.11. The van der Waals surface area contributed by atoms with Gasteiger partial charge in [0.25, 0.3) is 0 Å². The van der Waals surface area contributed by atoms with E-state index in [-0.39, 0.29) is 6.61 Å². The lowest BCUT2D eigenvalue weighted by Crippen LogP contribution is -2.38. The van der Waals surface area contributed by atoms with E-state index in [1.807, 2.05) is 13.8 Å². The van der Waals surface area contributed by atoms with E-state index in [4.69, 9.17) is 9.52 Å². The molecule has 0 aromatic carbocycles. The van der Waals surface area contributed by atoms with Crippen LogP contribution < -0.4 is 10.6 Å². The lowest BCUT2D eigenvalue weighted by atomic mass is 9.94. The third-order valence-electron chi connectivity index (χ3n) is 4.04. The van der Waals surface area contributed by atoms with Crippen LogP contribution >= 0.6 is 0 Å². The molecule has 0 aliphatic heterocycles. The van der Waals surface area contributed by atoms with Crippen molar-refractivity contribution in [3.63, 3.8) is 0 Å². The third-order valence-corrected chi connectivity index (χ3v) is 4.04. The van der Waals surface area contributed by atoms with Gasteiger partial charge in [-0.15, -0.1) is 0 Å². The molecule has 1 rings (SSSR count). The molecule has 0 amide bonds. The molecule has 0 radical (unpaired) electrons. The Morgan fingerprint density at radius 3 is 2.58 bits per heavy atom. The summed E-state index contributed by atoms with van der Waals surface area (Å²) >= 11 is 0. The topological polar surface area (TPSA) is 82.7 Å². The van der Waals surface area contributed by atoms with Gasteiger partial charge < -0.3 is 20.3 Å². The third kappa shape index (κ3) is 7.34. The molecule has 6 heteroatoms. The summed E-state index contributed by atoms with van der Waals surface area (Å²) in [6, 6.07) is 0. The minimum Gasteiger partial charge on any atom is -0.396 e. The van der Waals surface area contributed by atoms with E-state index in [1.54, 1.807) is 0 Å². The van der Waals surface area contributed by atoms with Crippen molar-refractivity contribution >= 4 is 5.96 Å². The Hall–Kier alpha value is -1.56. The van der Waals surface area contributed by atoms with Crippen molar-refractivity contribution in [2.45, 2.75) is 53.9 Å². The quantitative estimate of drug-likeness (QED) is 0.451. The smallest absolute Gasteiger partial charge is 0.191 e. The number of hydrogen-bond acceptors (Lipinski definition) is 4. The van der Waals surface area contributed by atoms with Crippen molar-refractivity contribution in [2.75, 3.05) is 26.2 Å². The van der Waals surface area contributed by atoms with Crippen molar-refractivity contribution in [1.82, 2.24) is 15.8 Å². The SMILES string of the molecule is CCNC(=NCC(CCO)CC(C)C)NCCc1c(C)noc1C. The molecule has 1 aromatic heterocycles. The van der Waals surface area contributed by atoms with E-state index < -0.39 is 0 Å². The summed E-state index contributed by atoms with van der Waals surface area (Å²) in [7, 11) is 0. The minimum atomic E-state index is 0.225. The Balaban J connectivity index is 2.54. The second-order valence-corrected chi connectivity index (χ2v) is 6.71. The predicted molar refractivity (Wildman–Crippen MR) is 98.3 cm³/mol. The maximum absolute atomic E-state index is 9.22. The molecule has 24 heavy (non-hydrogen) atoms. The summed E-state index contributed by atoms with van der Waals surface area (Å²) in [4.78, 5) is 4.69. The number of aromatic nitrogens is 1. The Bertz CT molecular complexity index is 478. The number of aliphatic hydroxyl groups is 1. The first-order valence-corrected chi connectivity index (χ1v) is 9.02. The molecule has 1 aromatic rings. The lowest BCUT2D eigenvalue weighted by Gasteiger charge is -2.17. The second kappa shape index (κ2) is 11.1. The zero-order valence-corrected chi connectivity index (χ0v) is 15.9. The van der Waals surface area contributed by atoms with Gasteiger partial charge in [-0.1, -0.05) is 19.0 Å². The van der Waals surface area contributed by atoms with Crippen LogP contribution in [0.4, 0.5) is 0 Å². The maximum atomic E-state index is 9.22. The Morgan fingerprint density at radius 2 is 2.04 bits per heavy atom. The standard InChI is InChI=1S/C18H34N4O2/c1-6-19-18(21-12-16(8-10-23)11-13(2)3)20-9-7-17-14(4)22-24-15(17)5/h13,16,23H,6-12H2,1-5H3,(H2,19,20,21). The van der Waals surface area contributed by atoms with Gasteiger partial charge in [0, 0.05) is 31.8 Å². The first-order valence-electron chi connectivity index (χ1n) is 9.02. The largest absolute Gasteiger partial charge is 0.396 e. The number of nitrogens with one attached hydrogen (secondary N) is 2. The fraction of sp³-hybridized carbons (Fsp3) is 0.778. The molecule has 0 aliphatic carbocycles. The van der Waals surface area contributed by atoms with Gasteiger partial charge in [-0.2, -0.15) is 0 Å². The van der Waals surface area contributed by atoms with E-state index in [0.29, 0.717) is 11.8 Å². The molecular formula is C18H34N4O2. The molecule has 0 bridgehead atoms. The molecule has 0 spiro atoms. The summed E-state index contributed by atoms with van der Waals surface area (Å²) in [6.45, 7) is 13.0. The van der Waals surface area contributed by atoms with Gasteiger partial charge in [-0.05, 0) is 51.9 Å². The van der Waals surface area contributed by atoms with Crippen LogP contribution in [0.2, 0.25) is 0 Å². The zero-order chi connectivity index (χ0) is 17.9. The number of nitrogens with zero attached hydrogens (tertiary/aromatic N) is 2. The van der Waals surface area contributed by atoms with Gasteiger partial charge >= 0.3 is 0 Å². The summed E-state index contributed by atoms with van der Waals surface area (Å²) < 4.78 is 5.20. The molecular weight excluding hydrogens is 304 g/mol. The van der Waals surface area contributed by atoms with Gasteiger partial charge in [0.15, 0.2) is 5.96 Å². The fourth-order valence-corrected chi connectivity index (χ4v) is 2.86. The molecule has 1 heterocycles. The van der Waals surface area contributed by atoms with Crippen molar-refractivity contribution in [2.24, 2.45) is 16.8 Å². The van der Waals surface area contributed by atoms with Crippen LogP contribution in [0, 0.1) is 25.7 Å². The number of aryl methyl sites for hydroxylation is 2. The molecule has 138 valence electrons. The molecule has 6 nitrogen and oxygen atoms in total. The van der Waals surface area contributed by atoms with Gasteiger partial charge in [0.05, 0.1) is 5.69 Å². The van der Waals surface area contributed by atoms with Crippen LogP contribution in [0.3, 0.4) is 0 Å². The first kappa shape index (κ1) is 20.5. The molecule has 0 aliphatic rings. The van der Waals surface area contributed by atoms with E-state index in [0.717, 1.165) is 61.9 Å². The number of hydrogen-bond donors (Lipinski definition) is 3. The van der Waals surface area contributed by atoms with Crippen LogP contribution in [0.15, 0.2) is 9.52 Å². The first-order chi connectivity index (χ1) is 11.5. The van der Waals surface area contributed by atoms with Gasteiger partial charge in [-0.3, -0.25) is 4.99 Å². The number of guanidine groups is 1. The molecule has 1 unspecified atom stereocenters. The van der Waals surface area contributed by atoms with E-state index >= 15 is 0 Å². The highest BCUT2D eigenvalue weighted by Crippen LogP contribution is 2.15. The molecule has 0 fully saturated rings. The van der Waals surface area contributed by atoms with Crippen molar-refractivity contribution in [3.8, 4) is 0 Å². The van der Waals surface area contributed by atoms with Crippen LogP contribution in [0.1, 0.15) is 50.6 Å². The fourth-order valence-electron chi connectivity index (χ4n) is 2.86. The van der Waals surface area contributed by atoms with Gasteiger partial charge in [0.2, 0.25) is 0 Å². The monoisotopic (exact) mass is 338 g/mol. The van der Waals surface area contributed by atoms with E-state index in [1.165, 1.54) is 0 Å². The molecule has 1 atom stereocenters. The number of aliphatic imine (C=N–C) groups is 1. The normalized spacial score (nSPS) is 13.4. The zero-order valence-electron chi connectivity index (χ0n) is 15.9. The van der Waals surface area contributed by atoms with Crippen LogP contribution in [-0.2, 0) is 6.42 Å². The van der Waals surface area contributed by atoms with Crippen molar-refractivity contribution < 1.29 is 9.63 Å². The highest BCUT2D eigenvalue weighted by atomic mass is 16.5. The average Bonchev–Trinajstić information content (AvgIpc) is 2.83. The maximum Gasteiger partial charge on any atom is 0.191 e. The number of aliphatic hydroxyl groups excluding tert-OH is 1. The predicted octanol–water partition coefficient (Wildman–Crippen LogP) is 2.43. The molecule has 3 N–H and O–H groups in total. The van der Waals surface area contributed by atoms with Crippen molar-refractivity contribution in [1.29, 1.82) is 0 Å². The molecule has 0 saturated heterocycles. The van der Waals surface area contributed by atoms with Crippen LogP contribution in [0.5, 0.6) is 0 Å². The Kier molecular flexibility index (Phi) is 9.45. The summed E-state index contributed by atoms with van der Waals surface area (Å²) in [5, 5.41) is 19.9. The van der Waals surface area contributed by atoms with Crippen LogP contribution in [0.25, 0.3) is 0 Å².